The van der Waals surface area contributed by atoms with Crippen LogP contribution >= 0.6 is 0 Å². The molecule has 1 saturated heterocycles. The zero-order valence-corrected chi connectivity index (χ0v) is 21.6. The summed E-state index contributed by atoms with van der Waals surface area (Å²) >= 11 is 0. The number of aromatic nitrogens is 6. The number of rotatable bonds is 7. The molecule has 0 bridgehead atoms. The number of hydrogen-bond acceptors (Lipinski definition) is 9. The minimum absolute atomic E-state index is 0.217. The molecule has 1 aliphatic rings. The van der Waals surface area contributed by atoms with Crippen LogP contribution in [0.25, 0.3) is 27.9 Å². The number of para-hydroxylation sites is 1. The molecule has 0 amide bonds. The van der Waals surface area contributed by atoms with Crippen molar-refractivity contribution < 1.29 is 13.5 Å². The molecule has 2 aromatic carbocycles. The number of hydrogen-bond donors (Lipinski definition) is 2. The molecule has 0 radical (unpaired) electrons. The number of aromatic hydroxyl groups is 1. The molecule has 12 nitrogen and oxygen atoms in total. The summed E-state index contributed by atoms with van der Waals surface area (Å²) in [6.45, 7) is 3.53. The van der Waals surface area contributed by atoms with Gasteiger partial charge in [0.1, 0.15) is 5.75 Å². The first-order valence-electron chi connectivity index (χ1n) is 12.3. The van der Waals surface area contributed by atoms with Gasteiger partial charge in [0.05, 0.1) is 24.3 Å². The lowest BCUT2D eigenvalue weighted by atomic mass is 10.2. The zero-order chi connectivity index (χ0) is 26.3. The van der Waals surface area contributed by atoms with Crippen molar-refractivity contribution in [3.8, 4) is 11.6 Å². The van der Waals surface area contributed by atoms with Gasteiger partial charge in [-0.1, -0.05) is 18.2 Å². The van der Waals surface area contributed by atoms with Crippen LogP contribution < -0.4 is 14.5 Å². The number of piperazine rings is 1. The van der Waals surface area contributed by atoms with Gasteiger partial charge in [-0.05, 0) is 30.3 Å². The number of nitrogens with zero attached hydrogens (tertiary/aromatic N) is 8. The summed E-state index contributed by atoms with van der Waals surface area (Å²) in [6, 6.07) is 15.1. The Labute approximate surface area is 219 Å². The molecule has 196 valence electrons. The number of imidazole rings is 1. The Morgan fingerprint density at radius 2 is 1.71 bits per heavy atom. The van der Waals surface area contributed by atoms with Crippen LogP contribution in [0.1, 0.15) is 0 Å². The fourth-order valence-electron chi connectivity index (χ4n) is 4.69. The lowest BCUT2D eigenvalue weighted by molar-refractivity contribution is 0.475. The van der Waals surface area contributed by atoms with Crippen LogP contribution in [0.4, 0.5) is 11.6 Å². The van der Waals surface area contributed by atoms with Gasteiger partial charge in [-0.25, -0.2) is 22.8 Å². The number of phenolic OH excluding ortho intramolecular Hbond substituents is 1. The largest absolute Gasteiger partial charge is 0.508 e. The summed E-state index contributed by atoms with van der Waals surface area (Å²) in [5, 5.41) is 15.2. The Morgan fingerprint density at radius 3 is 2.47 bits per heavy atom. The number of nitrogens with one attached hydrogen (secondary N) is 1. The highest BCUT2D eigenvalue weighted by molar-refractivity contribution is 7.88. The molecule has 13 heteroatoms. The van der Waals surface area contributed by atoms with Crippen molar-refractivity contribution in [2.45, 2.75) is 6.54 Å². The molecule has 38 heavy (non-hydrogen) atoms. The Bertz CT molecular complexity index is 1710. The van der Waals surface area contributed by atoms with Gasteiger partial charge >= 0.3 is 0 Å². The lowest BCUT2D eigenvalue weighted by Gasteiger charge is -2.36. The third-order valence-corrected chi connectivity index (χ3v) is 7.33. The van der Waals surface area contributed by atoms with Gasteiger partial charge in [-0.3, -0.25) is 0 Å². The van der Waals surface area contributed by atoms with Crippen molar-refractivity contribution in [3.05, 3.63) is 61.1 Å². The van der Waals surface area contributed by atoms with E-state index in [0.29, 0.717) is 42.6 Å². The second-order valence-corrected chi connectivity index (χ2v) is 11.1. The molecule has 3 aromatic heterocycles. The zero-order valence-electron chi connectivity index (χ0n) is 20.8. The number of fused-ring (bicyclic) bond motifs is 2. The molecule has 1 aliphatic heterocycles. The van der Waals surface area contributed by atoms with E-state index in [1.165, 1.54) is 0 Å². The number of anilines is 2. The molecule has 0 saturated carbocycles. The maximum atomic E-state index is 11.6. The molecule has 0 unspecified atom stereocenters. The monoisotopic (exact) mass is 533 g/mol. The fraction of sp³-hybridized carbons (Fsp3) is 0.280. The van der Waals surface area contributed by atoms with Gasteiger partial charge in [-0.15, -0.1) is 0 Å². The van der Waals surface area contributed by atoms with Crippen LogP contribution in [0.15, 0.2) is 61.1 Å². The van der Waals surface area contributed by atoms with Gasteiger partial charge in [0.25, 0.3) is 0 Å². The molecular weight excluding hydrogens is 506 g/mol. The van der Waals surface area contributed by atoms with E-state index >= 15 is 0 Å². The SMILES string of the molecule is CS(=O)(=O)NCCn1cnc2c(-n3ncc4ccccc43)nc(N3CCN(c4ccc(O)cc4)CC3)nc21. The summed E-state index contributed by atoms with van der Waals surface area (Å²) in [4.78, 5) is 18.8. The number of sulfonamides is 1. The van der Waals surface area contributed by atoms with Gasteiger partial charge in [0.15, 0.2) is 17.0 Å². The summed E-state index contributed by atoms with van der Waals surface area (Å²) in [5.74, 6) is 1.38. The van der Waals surface area contributed by atoms with Crippen molar-refractivity contribution in [2.24, 2.45) is 0 Å². The predicted octanol–water partition coefficient (Wildman–Crippen LogP) is 1.75. The third kappa shape index (κ3) is 4.73. The van der Waals surface area contributed by atoms with Crippen LogP contribution in [0.2, 0.25) is 0 Å². The highest BCUT2D eigenvalue weighted by Gasteiger charge is 2.23. The van der Waals surface area contributed by atoms with Crippen LogP contribution in [0.3, 0.4) is 0 Å². The maximum Gasteiger partial charge on any atom is 0.229 e. The van der Waals surface area contributed by atoms with E-state index in [9.17, 15) is 13.5 Å². The first kappa shape index (κ1) is 24.1. The Kier molecular flexibility index (Phi) is 6.08. The van der Waals surface area contributed by atoms with Crippen molar-refractivity contribution >= 4 is 43.7 Å². The minimum atomic E-state index is -3.31. The minimum Gasteiger partial charge on any atom is -0.508 e. The second kappa shape index (κ2) is 9.58. The third-order valence-electron chi connectivity index (χ3n) is 6.61. The average Bonchev–Trinajstić information content (AvgIpc) is 3.53. The van der Waals surface area contributed by atoms with E-state index in [0.717, 1.165) is 35.9 Å². The van der Waals surface area contributed by atoms with Crippen LogP contribution in [0.5, 0.6) is 5.75 Å². The Hall–Kier alpha value is -4.23. The fourth-order valence-corrected chi connectivity index (χ4v) is 5.15. The first-order chi connectivity index (χ1) is 18.4. The number of phenols is 1. The van der Waals surface area contributed by atoms with E-state index in [4.69, 9.17) is 9.97 Å². The maximum absolute atomic E-state index is 11.6. The van der Waals surface area contributed by atoms with E-state index < -0.39 is 10.0 Å². The van der Waals surface area contributed by atoms with Gasteiger partial charge in [0, 0.05) is 50.3 Å². The highest BCUT2D eigenvalue weighted by atomic mass is 32.2. The van der Waals surface area contributed by atoms with E-state index in [2.05, 4.69) is 24.6 Å². The van der Waals surface area contributed by atoms with Gasteiger partial charge < -0.3 is 19.5 Å². The Morgan fingerprint density at radius 1 is 0.974 bits per heavy atom. The van der Waals surface area contributed by atoms with Crippen molar-refractivity contribution in [1.82, 2.24) is 34.0 Å². The average molecular weight is 534 g/mol. The van der Waals surface area contributed by atoms with E-state index in [1.54, 1.807) is 29.3 Å². The van der Waals surface area contributed by atoms with Crippen LogP contribution in [-0.4, -0.2) is 81.8 Å². The van der Waals surface area contributed by atoms with Crippen molar-refractivity contribution in [2.75, 3.05) is 48.8 Å². The lowest BCUT2D eigenvalue weighted by Crippen LogP contribution is -2.47. The summed E-state index contributed by atoms with van der Waals surface area (Å²) in [5.41, 5.74) is 3.16. The topological polar surface area (TPSA) is 134 Å². The molecule has 4 heterocycles. The van der Waals surface area contributed by atoms with Crippen LogP contribution in [-0.2, 0) is 16.6 Å². The second-order valence-electron chi connectivity index (χ2n) is 9.23. The van der Waals surface area contributed by atoms with Gasteiger partial charge in [0.2, 0.25) is 16.0 Å². The summed E-state index contributed by atoms with van der Waals surface area (Å²) < 4.78 is 29.3. The van der Waals surface area contributed by atoms with Crippen LogP contribution in [0, 0.1) is 0 Å². The molecule has 0 atom stereocenters. The normalized spacial score (nSPS) is 14.6. The molecule has 5 aromatic rings. The summed E-state index contributed by atoms with van der Waals surface area (Å²) in [7, 11) is -3.31. The smallest absolute Gasteiger partial charge is 0.229 e. The van der Waals surface area contributed by atoms with Crippen molar-refractivity contribution in [1.29, 1.82) is 0 Å². The molecule has 0 aliphatic carbocycles. The Balaban J connectivity index is 1.36. The number of benzene rings is 2. The molecule has 2 N–H and O–H groups in total. The highest BCUT2D eigenvalue weighted by Crippen LogP contribution is 2.26. The molecule has 6 rings (SSSR count). The first-order valence-corrected chi connectivity index (χ1v) is 14.1. The molecule has 1 fully saturated rings. The van der Waals surface area contributed by atoms with E-state index in [-0.39, 0.29) is 12.3 Å². The quantitative estimate of drug-likeness (QED) is 0.321. The predicted molar refractivity (Wildman–Crippen MR) is 145 cm³/mol. The van der Waals surface area contributed by atoms with Gasteiger partial charge in [-0.2, -0.15) is 15.1 Å². The summed E-state index contributed by atoms with van der Waals surface area (Å²) in [6.07, 6.45) is 4.59. The van der Waals surface area contributed by atoms with E-state index in [1.807, 2.05) is 41.0 Å². The molecule has 0 spiro atoms. The van der Waals surface area contributed by atoms with Crippen molar-refractivity contribution in [3.63, 3.8) is 0 Å². The standard InChI is InChI=1S/C25H27N9O3S/c1-38(36,37)28-10-11-33-17-26-22-23(33)29-25(30-24(22)34-21-5-3-2-4-18(21)16-27-34)32-14-12-31(13-15-32)19-6-8-20(35)9-7-19/h2-9,16-17,28,35H,10-15H2,1H3. The molecular formula is C25H27N9O3S.